The molecular formula is C14H20N3O. The molecule has 1 aromatic carbocycles. The summed E-state index contributed by atoms with van der Waals surface area (Å²) < 4.78 is 0. The topological polar surface area (TPSA) is 35.6 Å². The molecule has 18 heavy (non-hydrogen) atoms. The molecule has 1 heterocycles. The number of benzene rings is 1. The Bertz CT molecular complexity index is 383. The van der Waals surface area contributed by atoms with Crippen LogP contribution in [-0.4, -0.2) is 43.2 Å². The number of anilines is 1. The standard InChI is InChI=1S/C14H20N3O/c1-12(2)15-14(18)17-10-8-16(9-11-17)13-6-4-3-5-7-13/h4-7,12H,8-11H2,1-2H3,(H,15,18). The minimum atomic E-state index is 0.0473. The fourth-order valence-corrected chi connectivity index (χ4v) is 2.09. The lowest BCUT2D eigenvalue weighted by molar-refractivity contribution is 0.192. The van der Waals surface area contributed by atoms with Gasteiger partial charge in [0.15, 0.2) is 0 Å². The van der Waals surface area contributed by atoms with Gasteiger partial charge in [0.1, 0.15) is 0 Å². The Morgan fingerprint density at radius 2 is 1.83 bits per heavy atom. The molecule has 97 valence electrons. The zero-order valence-corrected chi connectivity index (χ0v) is 11.0. The van der Waals surface area contributed by atoms with E-state index < -0.39 is 0 Å². The van der Waals surface area contributed by atoms with Crippen molar-refractivity contribution in [1.29, 1.82) is 0 Å². The number of nitrogens with one attached hydrogen (secondary N) is 1. The second-order valence-electron chi connectivity index (χ2n) is 4.84. The summed E-state index contributed by atoms with van der Waals surface area (Å²) >= 11 is 0. The van der Waals surface area contributed by atoms with E-state index in [0.717, 1.165) is 26.2 Å². The number of nitrogens with zero attached hydrogens (tertiary/aromatic N) is 2. The van der Waals surface area contributed by atoms with Gasteiger partial charge in [-0.25, -0.2) is 4.79 Å². The van der Waals surface area contributed by atoms with E-state index in [1.54, 1.807) is 0 Å². The fourth-order valence-electron chi connectivity index (χ4n) is 2.09. The van der Waals surface area contributed by atoms with Crippen molar-refractivity contribution in [3.63, 3.8) is 0 Å². The first-order chi connectivity index (χ1) is 8.66. The summed E-state index contributed by atoms with van der Waals surface area (Å²) in [6, 6.07) is 11.2. The van der Waals surface area contributed by atoms with Crippen LogP contribution in [0.5, 0.6) is 0 Å². The van der Waals surface area contributed by atoms with E-state index in [4.69, 9.17) is 0 Å². The summed E-state index contributed by atoms with van der Waals surface area (Å²) in [5.74, 6) is 0. The molecule has 1 aliphatic heterocycles. The third-order valence-corrected chi connectivity index (χ3v) is 3.04. The Hall–Kier alpha value is -1.71. The van der Waals surface area contributed by atoms with E-state index in [-0.39, 0.29) is 12.1 Å². The van der Waals surface area contributed by atoms with Gasteiger partial charge in [-0.1, -0.05) is 12.1 Å². The van der Waals surface area contributed by atoms with Crippen LogP contribution in [0.1, 0.15) is 13.8 Å². The molecule has 0 spiro atoms. The zero-order valence-electron chi connectivity index (χ0n) is 11.0. The molecule has 2 rings (SSSR count). The highest BCUT2D eigenvalue weighted by Crippen LogP contribution is 2.15. The Morgan fingerprint density at radius 3 is 2.39 bits per heavy atom. The number of urea groups is 1. The second-order valence-corrected chi connectivity index (χ2v) is 4.84. The highest BCUT2D eigenvalue weighted by Gasteiger charge is 2.21. The van der Waals surface area contributed by atoms with Gasteiger partial charge in [0.25, 0.3) is 0 Å². The van der Waals surface area contributed by atoms with Crippen molar-refractivity contribution in [2.24, 2.45) is 0 Å². The van der Waals surface area contributed by atoms with E-state index in [0.29, 0.717) is 0 Å². The first-order valence-electron chi connectivity index (χ1n) is 6.43. The molecule has 2 amide bonds. The van der Waals surface area contributed by atoms with Crippen molar-refractivity contribution in [3.8, 4) is 0 Å². The van der Waals surface area contributed by atoms with Gasteiger partial charge >= 0.3 is 6.03 Å². The summed E-state index contributed by atoms with van der Waals surface area (Å²) in [5.41, 5.74) is 1.21. The van der Waals surface area contributed by atoms with Crippen molar-refractivity contribution < 1.29 is 4.79 Å². The summed E-state index contributed by atoms with van der Waals surface area (Å²) in [5, 5.41) is 2.93. The lowest BCUT2D eigenvalue weighted by Crippen LogP contribution is -2.52. The molecule has 0 bridgehead atoms. The van der Waals surface area contributed by atoms with Crippen LogP contribution in [0.2, 0.25) is 0 Å². The normalized spacial score (nSPS) is 15.9. The number of carbonyl (C=O) groups excluding carboxylic acids is 1. The summed E-state index contributed by atoms with van der Waals surface area (Å²) in [6.45, 7) is 7.28. The van der Waals surface area contributed by atoms with Crippen LogP contribution in [0, 0.1) is 6.07 Å². The minimum absolute atomic E-state index is 0.0473. The summed E-state index contributed by atoms with van der Waals surface area (Å²) in [4.78, 5) is 16.0. The van der Waals surface area contributed by atoms with E-state index in [2.05, 4.69) is 28.4 Å². The molecule has 4 nitrogen and oxygen atoms in total. The average molecular weight is 246 g/mol. The molecular weight excluding hydrogens is 226 g/mol. The zero-order chi connectivity index (χ0) is 13.0. The van der Waals surface area contributed by atoms with Crippen molar-refractivity contribution in [1.82, 2.24) is 10.2 Å². The van der Waals surface area contributed by atoms with Crippen LogP contribution in [0.3, 0.4) is 0 Å². The molecule has 1 N–H and O–H groups in total. The number of hydrogen-bond acceptors (Lipinski definition) is 2. The van der Waals surface area contributed by atoms with Crippen LogP contribution in [0.4, 0.5) is 10.5 Å². The van der Waals surface area contributed by atoms with E-state index in [1.165, 1.54) is 5.69 Å². The molecule has 4 heteroatoms. The average Bonchev–Trinajstić information content (AvgIpc) is 2.39. The summed E-state index contributed by atoms with van der Waals surface area (Å²) in [7, 11) is 0. The third-order valence-electron chi connectivity index (χ3n) is 3.04. The van der Waals surface area contributed by atoms with Crippen LogP contribution in [-0.2, 0) is 0 Å². The Balaban J connectivity index is 1.87. The molecule has 0 atom stereocenters. The predicted molar refractivity (Wildman–Crippen MR) is 72.7 cm³/mol. The molecule has 1 saturated heterocycles. The smallest absolute Gasteiger partial charge is 0.317 e. The van der Waals surface area contributed by atoms with E-state index in [1.807, 2.05) is 30.9 Å². The highest BCUT2D eigenvalue weighted by atomic mass is 16.2. The number of piperazine rings is 1. The Labute approximate surface area is 109 Å². The molecule has 0 aromatic heterocycles. The number of rotatable bonds is 2. The number of carbonyl (C=O) groups is 1. The van der Waals surface area contributed by atoms with Gasteiger partial charge in [-0.15, -0.1) is 0 Å². The van der Waals surface area contributed by atoms with Crippen LogP contribution in [0.15, 0.2) is 24.3 Å². The minimum Gasteiger partial charge on any atom is -0.368 e. The van der Waals surface area contributed by atoms with Crippen molar-refractivity contribution in [3.05, 3.63) is 30.3 Å². The quantitative estimate of drug-likeness (QED) is 0.862. The maximum absolute atomic E-state index is 11.8. The van der Waals surface area contributed by atoms with Crippen molar-refractivity contribution in [2.45, 2.75) is 19.9 Å². The second kappa shape index (κ2) is 5.76. The lowest BCUT2D eigenvalue weighted by Gasteiger charge is -2.36. The van der Waals surface area contributed by atoms with Gasteiger partial charge in [-0.3, -0.25) is 0 Å². The molecule has 0 aliphatic carbocycles. The van der Waals surface area contributed by atoms with Gasteiger partial charge < -0.3 is 15.1 Å². The Kier molecular flexibility index (Phi) is 4.07. The van der Waals surface area contributed by atoms with Gasteiger partial charge in [-0.05, 0) is 32.0 Å². The maximum Gasteiger partial charge on any atom is 0.317 e. The molecule has 0 unspecified atom stereocenters. The first-order valence-corrected chi connectivity index (χ1v) is 6.43. The first kappa shape index (κ1) is 12.7. The summed E-state index contributed by atoms with van der Waals surface area (Å²) in [6.07, 6.45) is 0. The largest absolute Gasteiger partial charge is 0.368 e. The lowest BCUT2D eigenvalue weighted by atomic mass is 10.2. The number of amides is 2. The molecule has 1 radical (unpaired) electrons. The van der Waals surface area contributed by atoms with Gasteiger partial charge in [0, 0.05) is 37.9 Å². The fraction of sp³-hybridized carbons (Fsp3) is 0.500. The third kappa shape index (κ3) is 3.15. The predicted octanol–water partition coefficient (Wildman–Crippen LogP) is 1.73. The maximum atomic E-state index is 11.8. The molecule has 0 saturated carbocycles. The Morgan fingerprint density at radius 1 is 1.22 bits per heavy atom. The van der Waals surface area contributed by atoms with E-state index in [9.17, 15) is 4.79 Å². The molecule has 1 aliphatic rings. The van der Waals surface area contributed by atoms with Gasteiger partial charge in [0.2, 0.25) is 0 Å². The van der Waals surface area contributed by atoms with Crippen LogP contribution < -0.4 is 10.2 Å². The van der Waals surface area contributed by atoms with Crippen molar-refractivity contribution in [2.75, 3.05) is 31.1 Å². The van der Waals surface area contributed by atoms with Crippen LogP contribution >= 0.6 is 0 Å². The SMILES string of the molecule is CC(C)NC(=O)N1CCN(c2cc[c]cc2)CC1. The van der Waals surface area contributed by atoms with Crippen LogP contribution in [0.25, 0.3) is 0 Å². The monoisotopic (exact) mass is 246 g/mol. The number of hydrogen-bond donors (Lipinski definition) is 1. The molecule has 1 fully saturated rings. The van der Waals surface area contributed by atoms with Gasteiger partial charge in [-0.2, -0.15) is 0 Å². The van der Waals surface area contributed by atoms with E-state index >= 15 is 0 Å². The van der Waals surface area contributed by atoms with Gasteiger partial charge in [0.05, 0.1) is 0 Å². The molecule has 1 aromatic rings. The highest BCUT2D eigenvalue weighted by molar-refractivity contribution is 5.74. The van der Waals surface area contributed by atoms with Crippen molar-refractivity contribution >= 4 is 11.7 Å².